The number of benzene rings is 1. The molecule has 0 atom stereocenters. The van der Waals surface area contributed by atoms with Crippen molar-refractivity contribution in [3.8, 4) is 0 Å². The lowest BCUT2D eigenvalue weighted by Crippen LogP contribution is -2.38. The Hall–Kier alpha value is -0.580. The number of hydrogen-bond acceptors (Lipinski definition) is 2. The quantitative estimate of drug-likeness (QED) is 0.856. The van der Waals surface area contributed by atoms with Crippen LogP contribution in [0.2, 0.25) is 0 Å². The summed E-state index contributed by atoms with van der Waals surface area (Å²) in [6, 6.07) is 8.03. The van der Waals surface area contributed by atoms with Gasteiger partial charge in [-0.25, -0.2) is 0 Å². The molecule has 0 aliphatic heterocycles. The van der Waals surface area contributed by atoms with E-state index in [-0.39, 0.29) is 18.3 Å². The molecule has 0 aliphatic carbocycles. The molecule has 0 unspecified atom stereocenters. The van der Waals surface area contributed by atoms with Gasteiger partial charge in [-0.15, -0.1) is 12.4 Å². The van der Waals surface area contributed by atoms with Crippen LogP contribution < -0.4 is 5.32 Å². The molecule has 0 spiro atoms. The summed E-state index contributed by atoms with van der Waals surface area (Å²) in [5.74, 6) is 0.607. The Morgan fingerprint density at radius 1 is 1.37 bits per heavy atom. The molecule has 1 aromatic carbocycles. The highest BCUT2D eigenvalue weighted by molar-refractivity contribution is 9.10. The molecule has 1 amide bonds. The van der Waals surface area contributed by atoms with Gasteiger partial charge in [0.05, 0.1) is 6.54 Å². The molecule has 0 saturated heterocycles. The standard InChI is InChI=1S/C14H21BrN2O.ClH/c1-11(2)9-17(14(18)8-16-3)10-12-6-4-5-7-13(12)15;/h4-7,11,16H,8-10H2,1-3H3;1H. The third kappa shape index (κ3) is 6.41. The summed E-state index contributed by atoms with van der Waals surface area (Å²) in [5, 5.41) is 2.92. The SMILES string of the molecule is CNCC(=O)N(Cc1ccccc1Br)CC(C)C.Cl. The van der Waals surface area contributed by atoms with Gasteiger partial charge in [-0.3, -0.25) is 4.79 Å². The van der Waals surface area contributed by atoms with Crippen molar-refractivity contribution in [2.75, 3.05) is 20.1 Å². The van der Waals surface area contributed by atoms with Gasteiger partial charge in [-0.05, 0) is 24.6 Å². The molecule has 0 fully saturated rings. The lowest BCUT2D eigenvalue weighted by atomic mass is 10.1. The Balaban J connectivity index is 0.00000324. The zero-order valence-corrected chi connectivity index (χ0v) is 14.1. The Kier molecular flexibility index (Phi) is 9.06. The number of likely N-dealkylation sites (N-methyl/N-ethyl adjacent to an activating group) is 1. The van der Waals surface area contributed by atoms with Crippen molar-refractivity contribution in [2.45, 2.75) is 20.4 Å². The molecular weight excluding hydrogens is 328 g/mol. The topological polar surface area (TPSA) is 32.3 Å². The third-order valence-corrected chi connectivity index (χ3v) is 3.36. The smallest absolute Gasteiger partial charge is 0.236 e. The second-order valence-corrected chi connectivity index (χ2v) is 5.64. The van der Waals surface area contributed by atoms with Crippen LogP contribution >= 0.6 is 28.3 Å². The third-order valence-electron chi connectivity index (χ3n) is 2.59. The summed E-state index contributed by atoms with van der Waals surface area (Å²) in [6.07, 6.45) is 0. The summed E-state index contributed by atoms with van der Waals surface area (Å²) < 4.78 is 1.05. The van der Waals surface area contributed by atoms with Gasteiger partial charge >= 0.3 is 0 Å². The zero-order chi connectivity index (χ0) is 13.5. The molecule has 0 radical (unpaired) electrons. The fourth-order valence-electron chi connectivity index (χ4n) is 1.79. The molecule has 0 heterocycles. The molecule has 1 aromatic rings. The largest absolute Gasteiger partial charge is 0.337 e. The van der Waals surface area contributed by atoms with E-state index in [0.29, 0.717) is 19.0 Å². The van der Waals surface area contributed by atoms with Gasteiger partial charge in [-0.1, -0.05) is 48.0 Å². The van der Waals surface area contributed by atoms with Crippen LogP contribution in [0.15, 0.2) is 28.7 Å². The van der Waals surface area contributed by atoms with Crippen molar-refractivity contribution in [3.63, 3.8) is 0 Å². The van der Waals surface area contributed by atoms with E-state index in [2.05, 4.69) is 35.1 Å². The number of amides is 1. The summed E-state index contributed by atoms with van der Waals surface area (Å²) >= 11 is 3.53. The first-order chi connectivity index (χ1) is 8.54. The number of nitrogens with one attached hydrogen (secondary N) is 1. The maximum Gasteiger partial charge on any atom is 0.236 e. The molecule has 1 N–H and O–H groups in total. The summed E-state index contributed by atoms with van der Waals surface area (Å²) in [5.41, 5.74) is 1.14. The number of carbonyl (C=O) groups excluding carboxylic acids is 1. The van der Waals surface area contributed by atoms with E-state index in [0.717, 1.165) is 16.6 Å². The molecule has 5 heteroatoms. The van der Waals surface area contributed by atoms with Crippen LogP contribution in [0.25, 0.3) is 0 Å². The molecule has 3 nitrogen and oxygen atoms in total. The Morgan fingerprint density at radius 2 is 2.00 bits per heavy atom. The van der Waals surface area contributed by atoms with Crippen LogP contribution in [0.4, 0.5) is 0 Å². The average molecular weight is 350 g/mol. The molecular formula is C14H22BrClN2O. The van der Waals surface area contributed by atoms with E-state index < -0.39 is 0 Å². The van der Waals surface area contributed by atoms with E-state index in [1.807, 2.05) is 29.2 Å². The maximum absolute atomic E-state index is 12.0. The Morgan fingerprint density at radius 3 is 2.53 bits per heavy atom. The maximum atomic E-state index is 12.0. The fourth-order valence-corrected chi connectivity index (χ4v) is 2.20. The minimum absolute atomic E-state index is 0. The van der Waals surface area contributed by atoms with Crippen molar-refractivity contribution in [3.05, 3.63) is 34.3 Å². The number of rotatable bonds is 6. The van der Waals surface area contributed by atoms with Crippen molar-refractivity contribution in [2.24, 2.45) is 5.92 Å². The number of nitrogens with zero attached hydrogens (tertiary/aromatic N) is 1. The highest BCUT2D eigenvalue weighted by atomic mass is 79.9. The van der Waals surface area contributed by atoms with Crippen molar-refractivity contribution in [1.29, 1.82) is 0 Å². The predicted molar refractivity (Wildman–Crippen MR) is 85.6 cm³/mol. The van der Waals surface area contributed by atoms with E-state index in [1.54, 1.807) is 7.05 Å². The van der Waals surface area contributed by atoms with Crippen LogP contribution in [0.5, 0.6) is 0 Å². The number of hydrogen-bond donors (Lipinski definition) is 1. The first kappa shape index (κ1) is 18.4. The Bertz CT molecular complexity index is 399. The molecule has 108 valence electrons. The van der Waals surface area contributed by atoms with Gasteiger partial charge < -0.3 is 10.2 Å². The lowest BCUT2D eigenvalue weighted by molar-refractivity contribution is -0.131. The first-order valence-electron chi connectivity index (χ1n) is 6.20. The summed E-state index contributed by atoms with van der Waals surface area (Å²) in [4.78, 5) is 13.9. The van der Waals surface area contributed by atoms with E-state index >= 15 is 0 Å². The van der Waals surface area contributed by atoms with E-state index in [9.17, 15) is 4.79 Å². The monoisotopic (exact) mass is 348 g/mol. The minimum atomic E-state index is 0. The predicted octanol–water partition coefficient (Wildman–Crippen LogP) is 3.07. The summed E-state index contributed by atoms with van der Waals surface area (Å²) in [6.45, 7) is 6.07. The van der Waals surface area contributed by atoms with Crippen molar-refractivity contribution < 1.29 is 4.79 Å². The molecule has 0 aliphatic rings. The van der Waals surface area contributed by atoms with Crippen molar-refractivity contribution >= 4 is 34.2 Å². The molecule has 0 saturated carbocycles. The van der Waals surface area contributed by atoms with Gasteiger partial charge in [0.25, 0.3) is 0 Å². The van der Waals surface area contributed by atoms with E-state index in [1.165, 1.54) is 0 Å². The normalized spacial score (nSPS) is 10.2. The van der Waals surface area contributed by atoms with Crippen LogP contribution in [-0.4, -0.2) is 30.9 Å². The second kappa shape index (κ2) is 9.34. The molecule has 0 aromatic heterocycles. The van der Waals surface area contributed by atoms with Gasteiger partial charge in [0.2, 0.25) is 5.91 Å². The lowest BCUT2D eigenvalue weighted by Gasteiger charge is -2.25. The minimum Gasteiger partial charge on any atom is -0.337 e. The van der Waals surface area contributed by atoms with Crippen molar-refractivity contribution in [1.82, 2.24) is 10.2 Å². The zero-order valence-electron chi connectivity index (χ0n) is 11.6. The average Bonchev–Trinajstić information content (AvgIpc) is 2.31. The molecule has 0 bridgehead atoms. The first-order valence-corrected chi connectivity index (χ1v) is 6.99. The van der Waals surface area contributed by atoms with Crippen LogP contribution in [-0.2, 0) is 11.3 Å². The van der Waals surface area contributed by atoms with Gasteiger partial charge in [0.15, 0.2) is 0 Å². The Labute approximate surface area is 130 Å². The van der Waals surface area contributed by atoms with Crippen LogP contribution in [0.1, 0.15) is 19.4 Å². The van der Waals surface area contributed by atoms with Gasteiger partial charge in [-0.2, -0.15) is 0 Å². The molecule has 19 heavy (non-hydrogen) atoms. The number of carbonyl (C=O) groups is 1. The van der Waals surface area contributed by atoms with Gasteiger partial charge in [0.1, 0.15) is 0 Å². The van der Waals surface area contributed by atoms with Gasteiger partial charge in [0, 0.05) is 17.6 Å². The fraction of sp³-hybridized carbons (Fsp3) is 0.500. The van der Waals surface area contributed by atoms with E-state index in [4.69, 9.17) is 0 Å². The van der Waals surface area contributed by atoms with Crippen LogP contribution in [0.3, 0.4) is 0 Å². The second-order valence-electron chi connectivity index (χ2n) is 4.79. The summed E-state index contributed by atoms with van der Waals surface area (Å²) in [7, 11) is 1.80. The number of halogens is 2. The molecule has 1 rings (SSSR count). The highest BCUT2D eigenvalue weighted by Crippen LogP contribution is 2.18. The van der Waals surface area contributed by atoms with Crippen LogP contribution in [0, 0.1) is 5.92 Å². The highest BCUT2D eigenvalue weighted by Gasteiger charge is 2.15.